The van der Waals surface area contributed by atoms with E-state index in [0.29, 0.717) is 18.1 Å². The van der Waals surface area contributed by atoms with Gasteiger partial charge in [-0.2, -0.15) is 4.68 Å². The number of carbonyl (C=O) groups is 2. The van der Waals surface area contributed by atoms with E-state index in [-0.39, 0.29) is 24.3 Å². The molecule has 9 nitrogen and oxygen atoms in total. The van der Waals surface area contributed by atoms with Crippen LogP contribution in [0.3, 0.4) is 0 Å². The molecule has 0 spiro atoms. The Kier molecular flexibility index (Phi) is 6.21. The average Bonchev–Trinajstić information content (AvgIpc) is 3.48. The van der Waals surface area contributed by atoms with Gasteiger partial charge in [-0.1, -0.05) is 30.3 Å². The molecule has 1 aromatic carbocycles. The third-order valence-corrected chi connectivity index (χ3v) is 5.21. The second-order valence-electron chi connectivity index (χ2n) is 7.33. The molecule has 1 atom stereocenters. The van der Waals surface area contributed by atoms with Gasteiger partial charge in [0.1, 0.15) is 5.76 Å². The largest absolute Gasteiger partial charge is 0.465 e. The molecular weight excluding hydrogens is 398 g/mol. The molecule has 1 aliphatic rings. The Morgan fingerprint density at radius 3 is 2.77 bits per heavy atom. The minimum absolute atomic E-state index is 0.0401. The molecule has 0 radical (unpaired) electrons. The molecule has 9 heteroatoms. The molecular formula is C22H23N5O4. The fourth-order valence-electron chi connectivity index (χ4n) is 3.58. The van der Waals surface area contributed by atoms with Crippen molar-refractivity contribution in [2.75, 3.05) is 13.2 Å². The van der Waals surface area contributed by atoms with Crippen molar-refractivity contribution in [1.82, 2.24) is 25.1 Å². The Morgan fingerprint density at radius 2 is 2.03 bits per heavy atom. The summed E-state index contributed by atoms with van der Waals surface area (Å²) in [5, 5.41) is 11.7. The maximum atomic E-state index is 13.0. The monoisotopic (exact) mass is 421 g/mol. The van der Waals surface area contributed by atoms with Gasteiger partial charge in [-0.05, 0) is 48.7 Å². The van der Waals surface area contributed by atoms with Crippen molar-refractivity contribution in [3.8, 4) is 11.4 Å². The van der Waals surface area contributed by atoms with E-state index in [1.807, 2.05) is 37.3 Å². The Hall–Kier alpha value is -3.75. The maximum absolute atomic E-state index is 13.0. The molecule has 1 saturated heterocycles. The van der Waals surface area contributed by atoms with Crippen LogP contribution in [0.4, 0.5) is 0 Å². The third kappa shape index (κ3) is 4.71. The van der Waals surface area contributed by atoms with E-state index in [4.69, 9.17) is 9.15 Å². The minimum atomic E-state index is -0.723. The lowest BCUT2D eigenvalue weighted by molar-refractivity contribution is -0.149. The molecule has 0 bridgehead atoms. The Morgan fingerprint density at radius 1 is 1.19 bits per heavy atom. The number of amides is 1. The van der Waals surface area contributed by atoms with Crippen molar-refractivity contribution in [1.29, 1.82) is 0 Å². The zero-order valence-corrected chi connectivity index (χ0v) is 17.2. The topological polar surface area (TPSA) is 103 Å². The lowest BCUT2D eigenvalue weighted by Gasteiger charge is -2.33. The predicted molar refractivity (Wildman–Crippen MR) is 112 cm³/mol. The van der Waals surface area contributed by atoms with Gasteiger partial charge in [0.25, 0.3) is 5.91 Å². The number of hydrogen-bond donors (Lipinski definition) is 0. The van der Waals surface area contributed by atoms with E-state index >= 15 is 0 Å². The standard InChI is InChI=1S/C22H23N5O4/c1-16-8-5-6-12-26(16)20(28)15-31-22(29)19(14-18-11-7-13-30-18)27-21(23-24-25-27)17-9-3-2-4-10-17/h2-4,7,9-11,13-14,16H,5-6,8,12,15H2,1H3/b19-14-/t16-/m1/s1. The summed E-state index contributed by atoms with van der Waals surface area (Å²) in [6, 6.07) is 12.8. The number of ether oxygens (including phenoxy) is 1. The Bertz CT molecular complexity index is 1060. The predicted octanol–water partition coefficient (Wildman–Crippen LogP) is 2.88. The number of hydrogen-bond acceptors (Lipinski definition) is 7. The van der Waals surface area contributed by atoms with Gasteiger partial charge in [-0.25, -0.2) is 4.79 Å². The molecule has 3 heterocycles. The van der Waals surface area contributed by atoms with Gasteiger partial charge >= 0.3 is 5.97 Å². The molecule has 1 aliphatic heterocycles. The quantitative estimate of drug-likeness (QED) is 0.445. The van der Waals surface area contributed by atoms with Crippen LogP contribution in [0.2, 0.25) is 0 Å². The first kappa shape index (κ1) is 20.5. The van der Waals surface area contributed by atoms with E-state index in [2.05, 4.69) is 15.5 Å². The first-order chi connectivity index (χ1) is 15.1. The second kappa shape index (κ2) is 9.38. The fraction of sp³-hybridized carbons (Fsp3) is 0.318. The van der Waals surface area contributed by atoms with Crippen molar-refractivity contribution < 1.29 is 18.7 Å². The number of carbonyl (C=O) groups excluding carboxylic acids is 2. The molecule has 0 unspecified atom stereocenters. The minimum Gasteiger partial charge on any atom is -0.465 e. The van der Waals surface area contributed by atoms with Crippen LogP contribution in [0.25, 0.3) is 23.2 Å². The molecule has 160 valence electrons. The molecule has 0 N–H and O–H groups in total. The van der Waals surface area contributed by atoms with E-state index in [9.17, 15) is 9.59 Å². The van der Waals surface area contributed by atoms with Crippen molar-refractivity contribution in [3.05, 3.63) is 54.5 Å². The van der Waals surface area contributed by atoms with Gasteiger partial charge in [0.05, 0.1) is 6.26 Å². The number of aromatic nitrogens is 4. The lowest BCUT2D eigenvalue weighted by Crippen LogP contribution is -2.44. The highest BCUT2D eigenvalue weighted by Crippen LogP contribution is 2.22. The summed E-state index contributed by atoms with van der Waals surface area (Å²) in [7, 11) is 0. The van der Waals surface area contributed by atoms with Crippen LogP contribution in [-0.2, 0) is 14.3 Å². The van der Waals surface area contributed by atoms with Crippen molar-refractivity contribution in [2.24, 2.45) is 0 Å². The van der Waals surface area contributed by atoms with Gasteiger partial charge in [0.2, 0.25) is 0 Å². The third-order valence-electron chi connectivity index (χ3n) is 5.21. The van der Waals surface area contributed by atoms with Crippen LogP contribution >= 0.6 is 0 Å². The maximum Gasteiger partial charge on any atom is 0.357 e. The van der Waals surface area contributed by atoms with Gasteiger partial charge in [-0.3, -0.25) is 4.79 Å². The summed E-state index contributed by atoms with van der Waals surface area (Å²) in [6.45, 7) is 2.34. The summed E-state index contributed by atoms with van der Waals surface area (Å²) in [5.74, 6) is -0.138. The Balaban J connectivity index is 1.58. The van der Waals surface area contributed by atoms with Crippen LogP contribution in [0, 0.1) is 0 Å². The van der Waals surface area contributed by atoms with Gasteiger partial charge in [-0.15, -0.1) is 5.10 Å². The highest BCUT2D eigenvalue weighted by atomic mass is 16.5. The normalized spacial score (nSPS) is 16.9. The molecule has 0 saturated carbocycles. The van der Waals surface area contributed by atoms with Gasteiger partial charge in [0.15, 0.2) is 18.1 Å². The van der Waals surface area contributed by atoms with Gasteiger partial charge in [0, 0.05) is 24.2 Å². The fourth-order valence-corrected chi connectivity index (χ4v) is 3.58. The van der Waals surface area contributed by atoms with Crippen LogP contribution in [-0.4, -0.2) is 56.2 Å². The van der Waals surface area contributed by atoms with Crippen LogP contribution in [0.1, 0.15) is 31.9 Å². The van der Waals surface area contributed by atoms with Crippen LogP contribution in [0.5, 0.6) is 0 Å². The molecule has 2 aromatic heterocycles. The number of rotatable bonds is 6. The van der Waals surface area contributed by atoms with E-state index in [1.54, 1.807) is 17.0 Å². The van der Waals surface area contributed by atoms with E-state index in [0.717, 1.165) is 24.8 Å². The van der Waals surface area contributed by atoms with Crippen LogP contribution < -0.4 is 0 Å². The molecule has 31 heavy (non-hydrogen) atoms. The molecule has 1 amide bonds. The van der Waals surface area contributed by atoms with Crippen LogP contribution in [0.15, 0.2) is 53.1 Å². The molecule has 4 rings (SSSR count). The number of tetrazole rings is 1. The summed E-state index contributed by atoms with van der Waals surface area (Å²) in [5.41, 5.74) is 0.766. The number of likely N-dealkylation sites (tertiary alicyclic amines) is 1. The number of nitrogens with zero attached hydrogens (tertiary/aromatic N) is 5. The van der Waals surface area contributed by atoms with Gasteiger partial charge < -0.3 is 14.1 Å². The van der Waals surface area contributed by atoms with Crippen molar-refractivity contribution >= 4 is 23.6 Å². The number of benzene rings is 1. The Labute approximate surface area is 179 Å². The number of furan rings is 1. The SMILES string of the molecule is C[C@@H]1CCCCN1C(=O)COC(=O)/C(=C/c1ccco1)n1nnnc1-c1ccccc1. The molecule has 0 aliphatic carbocycles. The zero-order valence-electron chi connectivity index (χ0n) is 17.2. The highest BCUT2D eigenvalue weighted by Gasteiger charge is 2.26. The highest BCUT2D eigenvalue weighted by molar-refractivity contribution is 6.15. The summed E-state index contributed by atoms with van der Waals surface area (Å²) in [6.07, 6.45) is 5.99. The summed E-state index contributed by atoms with van der Waals surface area (Å²) in [4.78, 5) is 27.4. The first-order valence-electron chi connectivity index (χ1n) is 10.2. The van der Waals surface area contributed by atoms with Crippen molar-refractivity contribution in [3.63, 3.8) is 0 Å². The second-order valence-corrected chi connectivity index (χ2v) is 7.33. The molecule has 1 fully saturated rings. The van der Waals surface area contributed by atoms with E-state index < -0.39 is 5.97 Å². The number of piperidine rings is 1. The van der Waals surface area contributed by atoms with Crippen molar-refractivity contribution in [2.45, 2.75) is 32.2 Å². The number of esters is 1. The van der Waals surface area contributed by atoms with E-state index in [1.165, 1.54) is 17.0 Å². The summed E-state index contributed by atoms with van der Waals surface area (Å²) >= 11 is 0. The summed E-state index contributed by atoms with van der Waals surface area (Å²) < 4.78 is 12.0. The average molecular weight is 421 g/mol. The molecule has 3 aromatic rings. The zero-order chi connectivity index (χ0) is 21.6. The first-order valence-corrected chi connectivity index (χ1v) is 10.2. The smallest absolute Gasteiger partial charge is 0.357 e. The lowest BCUT2D eigenvalue weighted by atomic mass is 10.0.